The van der Waals surface area contributed by atoms with Gasteiger partial charge in [0.1, 0.15) is 0 Å². The van der Waals surface area contributed by atoms with Crippen LogP contribution in [-0.4, -0.2) is 35.2 Å². The second-order valence-electron chi connectivity index (χ2n) is 3.89. The number of hydroxylamine groups is 1. The fraction of sp³-hybridized carbons (Fsp3) is 0.273. The second kappa shape index (κ2) is 7.52. The zero-order valence-corrected chi connectivity index (χ0v) is 10.2. The molecule has 0 fully saturated rings. The van der Waals surface area contributed by atoms with Crippen LogP contribution in [0.2, 0.25) is 0 Å². The molecule has 0 aliphatic heterocycles. The summed E-state index contributed by atoms with van der Waals surface area (Å²) in [6, 6.07) is 7.45. The minimum absolute atomic E-state index is 0.00798. The first-order chi connectivity index (χ1) is 9.00. The zero-order valence-electron chi connectivity index (χ0n) is 10.2. The summed E-state index contributed by atoms with van der Waals surface area (Å²) in [5.41, 5.74) is 7.92. The van der Waals surface area contributed by atoms with Gasteiger partial charge in [0.25, 0.3) is 5.91 Å². The Kier molecular flexibility index (Phi) is 6.00. The van der Waals surface area contributed by atoms with Crippen LogP contribution in [0.5, 0.6) is 0 Å². The number of aliphatic carboxylic acids is 1. The third-order valence-electron chi connectivity index (χ3n) is 2.36. The molecule has 0 aromatic heterocycles. The molecule has 0 saturated carbocycles. The van der Waals surface area contributed by atoms with E-state index >= 15 is 0 Å². The van der Waals surface area contributed by atoms with E-state index in [0.717, 1.165) is 0 Å². The highest BCUT2D eigenvalue weighted by Gasteiger charge is 2.20. The van der Waals surface area contributed by atoms with Crippen molar-refractivity contribution in [3.05, 3.63) is 30.3 Å². The third-order valence-corrected chi connectivity index (χ3v) is 2.36. The molecule has 1 aromatic carbocycles. The SMILES string of the molecule is NC(CCC(=O)O)C(=O)NOB(O)c1ccccc1. The Labute approximate surface area is 110 Å². The number of hydrogen-bond acceptors (Lipinski definition) is 5. The van der Waals surface area contributed by atoms with Gasteiger partial charge in [0.15, 0.2) is 0 Å². The minimum atomic E-state index is -1.31. The van der Waals surface area contributed by atoms with E-state index in [-0.39, 0.29) is 12.8 Å². The second-order valence-corrected chi connectivity index (χ2v) is 3.89. The molecule has 5 N–H and O–H groups in total. The summed E-state index contributed by atoms with van der Waals surface area (Å²) in [6.45, 7) is 0. The van der Waals surface area contributed by atoms with Crippen molar-refractivity contribution in [1.82, 2.24) is 5.48 Å². The Morgan fingerprint density at radius 3 is 2.58 bits per heavy atom. The van der Waals surface area contributed by atoms with Crippen LogP contribution in [0.3, 0.4) is 0 Å². The van der Waals surface area contributed by atoms with Gasteiger partial charge in [0, 0.05) is 6.42 Å². The lowest BCUT2D eigenvalue weighted by Gasteiger charge is -2.12. The quantitative estimate of drug-likeness (QED) is 0.356. The Balaban J connectivity index is 2.35. The van der Waals surface area contributed by atoms with E-state index in [0.29, 0.717) is 5.46 Å². The van der Waals surface area contributed by atoms with Gasteiger partial charge in [-0.05, 0) is 11.9 Å². The lowest BCUT2D eigenvalue weighted by molar-refractivity contribution is -0.137. The van der Waals surface area contributed by atoms with Crippen molar-refractivity contribution in [2.24, 2.45) is 5.73 Å². The molecule has 0 bridgehead atoms. The summed E-state index contributed by atoms with van der Waals surface area (Å²) >= 11 is 0. The summed E-state index contributed by atoms with van der Waals surface area (Å²) in [5.74, 6) is -1.72. The standard InChI is InChI=1S/C11H15BN2O5/c13-9(6-7-10(15)16)11(17)14-19-12(18)8-4-2-1-3-5-8/h1-5,9,18H,6-7,13H2,(H,14,17)(H,15,16). The van der Waals surface area contributed by atoms with Crippen LogP contribution in [0.1, 0.15) is 12.8 Å². The predicted octanol–water partition coefficient (Wildman–Crippen LogP) is -1.39. The van der Waals surface area contributed by atoms with Gasteiger partial charge < -0.3 is 15.9 Å². The molecule has 8 heteroatoms. The van der Waals surface area contributed by atoms with Crippen LogP contribution in [-0.2, 0) is 14.3 Å². The van der Waals surface area contributed by atoms with E-state index in [1.807, 2.05) is 5.48 Å². The summed E-state index contributed by atoms with van der Waals surface area (Å²) in [7, 11) is -1.31. The number of carboxylic acids is 1. The maximum absolute atomic E-state index is 11.4. The Morgan fingerprint density at radius 2 is 2.00 bits per heavy atom. The number of nitrogens with two attached hydrogens (primary N) is 1. The van der Waals surface area contributed by atoms with E-state index in [4.69, 9.17) is 15.6 Å². The number of benzene rings is 1. The number of carbonyl (C=O) groups excluding carboxylic acids is 1. The molecule has 0 spiro atoms. The van der Waals surface area contributed by atoms with Crippen molar-refractivity contribution in [2.75, 3.05) is 0 Å². The molecular weight excluding hydrogens is 251 g/mol. The van der Waals surface area contributed by atoms with Crippen molar-refractivity contribution < 1.29 is 24.5 Å². The number of nitrogens with one attached hydrogen (secondary N) is 1. The van der Waals surface area contributed by atoms with Gasteiger partial charge in [-0.2, -0.15) is 0 Å². The van der Waals surface area contributed by atoms with E-state index in [9.17, 15) is 14.6 Å². The van der Waals surface area contributed by atoms with Gasteiger partial charge in [0.05, 0.1) is 6.04 Å². The highest BCUT2D eigenvalue weighted by Crippen LogP contribution is 1.95. The molecule has 1 unspecified atom stereocenters. The van der Waals surface area contributed by atoms with Crippen LogP contribution in [0, 0.1) is 0 Å². The molecule has 0 aliphatic carbocycles. The topological polar surface area (TPSA) is 122 Å². The van der Waals surface area contributed by atoms with E-state index in [2.05, 4.69) is 0 Å². The van der Waals surface area contributed by atoms with Gasteiger partial charge in [-0.1, -0.05) is 30.3 Å². The molecule has 0 saturated heterocycles. The van der Waals surface area contributed by atoms with Gasteiger partial charge in [-0.3, -0.25) is 14.3 Å². The molecular formula is C11H15BN2O5. The summed E-state index contributed by atoms with van der Waals surface area (Å²) < 4.78 is 4.75. The smallest absolute Gasteiger partial charge is 0.481 e. The number of carbonyl (C=O) groups is 2. The van der Waals surface area contributed by atoms with Gasteiger partial charge in [-0.15, -0.1) is 0 Å². The lowest BCUT2D eigenvalue weighted by atomic mass is 9.80. The minimum Gasteiger partial charge on any atom is -0.481 e. The normalized spacial score (nSPS) is 11.7. The molecule has 102 valence electrons. The molecule has 0 radical (unpaired) electrons. The van der Waals surface area contributed by atoms with Crippen molar-refractivity contribution in [2.45, 2.75) is 18.9 Å². The van der Waals surface area contributed by atoms with Crippen molar-refractivity contribution in [1.29, 1.82) is 0 Å². The molecule has 0 aliphatic rings. The molecule has 1 atom stereocenters. The number of carboxylic acid groups (broad SMARTS) is 1. The highest BCUT2D eigenvalue weighted by atomic mass is 16.7. The third kappa shape index (κ3) is 5.51. The Morgan fingerprint density at radius 1 is 1.37 bits per heavy atom. The Hall–Kier alpha value is -1.90. The molecule has 19 heavy (non-hydrogen) atoms. The first-order valence-electron chi connectivity index (χ1n) is 5.66. The van der Waals surface area contributed by atoms with Crippen LogP contribution in [0.25, 0.3) is 0 Å². The number of rotatable bonds is 7. The summed E-state index contributed by atoms with van der Waals surface area (Å²) in [5, 5.41) is 18.0. The predicted molar refractivity (Wildman–Crippen MR) is 68.1 cm³/mol. The monoisotopic (exact) mass is 266 g/mol. The fourth-order valence-electron chi connectivity index (χ4n) is 1.29. The Bertz CT molecular complexity index is 428. The number of amides is 1. The fourth-order valence-corrected chi connectivity index (χ4v) is 1.29. The van der Waals surface area contributed by atoms with E-state index in [1.165, 1.54) is 0 Å². The molecule has 1 aromatic rings. The van der Waals surface area contributed by atoms with Crippen molar-refractivity contribution >= 4 is 24.5 Å². The van der Waals surface area contributed by atoms with Crippen LogP contribution < -0.4 is 16.7 Å². The lowest BCUT2D eigenvalue weighted by Crippen LogP contribution is -2.46. The van der Waals surface area contributed by atoms with Gasteiger partial charge in [0.2, 0.25) is 0 Å². The zero-order chi connectivity index (χ0) is 14.3. The van der Waals surface area contributed by atoms with Crippen LogP contribution in [0.4, 0.5) is 0 Å². The number of hydrogen-bond donors (Lipinski definition) is 4. The van der Waals surface area contributed by atoms with E-state index < -0.39 is 25.0 Å². The molecule has 7 nitrogen and oxygen atoms in total. The highest BCUT2D eigenvalue weighted by molar-refractivity contribution is 6.59. The largest absolute Gasteiger partial charge is 0.514 e. The van der Waals surface area contributed by atoms with Crippen molar-refractivity contribution in [3.63, 3.8) is 0 Å². The summed E-state index contributed by atoms with van der Waals surface area (Å²) in [4.78, 5) is 21.7. The first kappa shape index (κ1) is 15.2. The van der Waals surface area contributed by atoms with Crippen LogP contribution >= 0.6 is 0 Å². The maximum Gasteiger partial charge on any atom is 0.514 e. The molecule has 0 heterocycles. The average molecular weight is 266 g/mol. The molecule has 1 amide bonds. The summed E-state index contributed by atoms with van der Waals surface area (Å²) in [6.07, 6.45) is -0.220. The van der Waals surface area contributed by atoms with E-state index in [1.54, 1.807) is 30.3 Å². The van der Waals surface area contributed by atoms with Gasteiger partial charge in [-0.25, -0.2) is 5.48 Å². The van der Waals surface area contributed by atoms with Crippen molar-refractivity contribution in [3.8, 4) is 0 Å². The maximum atomic E-state index is 11.4. The van der Waals surface area contributed by atoms with Crippen LogP contribution in [0.15, 0.2) is 30.3 Å². The first-order valence-corrected chi connectivity index (χ1v) is 5.66. The average Bonchev–Trinajstić information content (AvgIpc) is 2.42. The molecule has 1 rings (SSSR count). The van der Waals surface area contributed by atoms with Gasteiger partial charge >= 0.3 is 13.1 Å².